The highest BCUT2D eigenvalue weighted by Crippen LogP contribution is 2.28. The summed E-state index contributed by atoms with van der Waals surface area (Å²) in [5.74, 6) is 0.232. The van der Waals surface area contributed by atoms with E-state index in [2.05, 4.69) is 50.2 Å². The van der Waals surface area contributed by atoms with Crippen LogP contribution in [0.4, 0.5) is 0 Å². The highest BCUT2D eigenvalue weighted by Gasteiger charge is 2.38. The molecule has 1 saturated heterocycles. The number of nitrogens with zero attached hydrogens (tertiary/aromatic N) is 2. The Morgan fingerprint density at radius 3 is 2.62 bits per heavy atom. The molecule has 4 heteroatoms. The maximum Gasteiger partial charge on any atom is 0.241 e. The molecule has 1 fully saturated rings. The van der Waals surface area contributed by atoms with E-state index < -0.39 is 0 Å². The molecule has 1 aromatic carbocycles. The van der Waals surface area contributed by atoms with Gasteiger partial charge < -0.3 is 9.80 Å². The van der Waals surface area contributed by atoms with Crippen LogP contribution in [0.5, 0.6) is 0 Å². The van der Waals surface area contributed by atoms with Crippen LogP contribution in [0.1, 0.15) is 37.6 Å². The lowest BCUT2D eigenvalue weighted by atomic mass is 10.1. The first-order valence-electron chi connectivity index (χ1n) is 7.89. The van der Waals surface area contributed by atoms with Gasteiger partial charge in [0.2, 0.25) is 5.91 Å². The molecule has 4 nitrogen and oxygen atoms in total. The SMILES string of the molecule is CCC1NC(c2ccccc2C)N(CCN(C)CC)C1=O. The third kappa shape index (κ3) is 3.44. The average molecular weight is 289 g/mol. The van der Waals surface area contributed by atoms with Crippen molar-refractivity contribution in [2.75, 3.05) is 26.7 Å². The highest BCUT2D eigenvalue weighted by molar-refractivity contribution is 5.84. The van der Waals surface area contributed by atoms with Gasteiger partial charge in [-0.25, -0.2) is 0 Å². The topological polar surface area (TPSA) is 35.6 Å². The van der Waals surface area contributed by atoms with Crippen molar-refractivity contribution in [2.45, 2.75) is 39.4 Å². The van der Waals surface area contributed by atoms with E-state index in [4.69, 9.17) is 0 Å². The lowest BCUT2D eigenvalue weighted by Crippen LogP contribution is -2.37. The van der Waals surface area contributed by atoms with E-state index in [1.54, 1.807) is 0 Å². The van der Waals surface area contributed by atoms with Crippen LogP contribution < -0.4 is 5.32 Å². The predicted octanol–water partition coefficient (Wildman–Crippen LogP) is 2.16. The summed E-state index contributed by atoms with van der Waals surface area (Å²) >= 11 is 0. The van der Waals surface area contributed by atoms with Crippen LogP contribution in [0, 0.1) is 6.92 Å². The van der Waals surface area contributed by atoms with Crippen molar-refractivity contribution in [2.24, 2.45) is 0 Å². The van der Waals surface area contributed by atoms with Gasteiger partial charge in [0.05, 0.1) is 6.04 Å². The summed E-state index contributed by atoms with van der Waals surface area (Å²) in [5.41, 5.74) is 2.44. The van der Waals surface area contributed by atoms with E-state index in [-0.39, 0.29) is 18.1 Å². The molecule has 2 atom stereocenters. The number of hydrogen-bond acceptors (Lipinski definition) is 3. The van der Waals surface area contributed by atoms with Gasteiger partial charge in [-0.15, -0.1) is 0 Å². The number of carbonyl (C=O) groups excluding carboxylic acids is 1. The summed E-state index contributed by atoms with van der Waals surface area (Å²) in [5, 5.41) is 3.50. The zero-order valence-corrected chi connectivity index (χ0v) is 13.6. The van der Waals surface area contributed by atoms with Crippen LogP contribution in [0.25, 0.3) is 0 Å². The van der Waals surface area contributed by atoms with Gasteiger partial charge in [0.25, 0.3) is 0 Å². The van der Waals surface area contributed by atoms with Gasteiger partial charge in [-0.3, -0.25) is 10.1 Å². The van der Waals surface area contributed by atoms with Crippen molar-refractivity contribution in [3.8, 4) is 0 Å². The number of benzene rings is 1. The Hall–Kier alpha value is -1.39. The molecule has 2 rings (SSSR count). The van der Waals surface area contributed by atoms with E-state index in [1.165, 1.54) is 11.1 Å². The van der Waals surface area contributed by atoms with Gasteiger partial charge in [0.15, 0.2) is 0 Å². The van der Waals surface area contributed by atoms with Gasteiger partial charge in [0.1, 0.15) is 6.17 Å². The smallest absolute Gasteiger partial charge is 0.241 e. The van der Waals surface area contributed by atoms with Crippen LogP contribution in [-0.4, -0.2) is 48.4 Å². The molecule has 1 heterocycles. The minimum Gasteiger partial charge on any atom is -0.320 e. The first kappa shape index (κ1) is 16.0. The molecule has 1 aromatic rings. The van der Waals surface area contributed by atoms with Crippen molar-refractivity contribution in [3.63, 3.8) is 0 Å². The summed E-state index contributed by atoms with van der Waals surface area (Å²) in [6.45, 7) is 8.98. The largest absolute Gasteiger partial charge is 0.320 e. The summed E-state index contributed by atoms with van der Waals surface area (Å²) in [7, 11) is 2.09. The predicted molar refractivity (Wildman–Crippen MR) is 86.0 cm³/mol. The maximum atomic E-state index is 12.6. The molecular weight excluding hydrogens is 262 g/mol. The number of aryl methyl sites for hydroxylation is 1. The quantitative estimate of drug-likeness (QED) is 0.871. The van der Waals surface area contributed by atoms with E-state index in [9.17, 15) is 4.79 Å². The van der Waals surface area contributed by atoms with Crippen molar-refractivity contribution < 1.29 is 4.79 Å². The Morgan fingerprint density at radius 2 is 2.00 bits per heavy atom. The van der Waals surface area contributed by atoms with Crippen molar-refractivity contribution in [1.82, 2.24) is 15.1 Å². The van der Waals surface area contributed by atoms with Crippen molar-refractivity contribution in [1.29, 1.82) is 0 Å². The van der Waals surface area contributed by atoms with Gasteiger partial charge in [-0.2, -0.15) is 0 Å². The molecule has 1 aliphatic rings. The molecule has 0 bridgehead atoms. The van der Waals surface area contributed by atoms with Crippen LogP contribution >= 0.6 is 0 Å². The molecule has 0 saturated carbocycles. The first-order chi connectivity index (χ1) is 10.1. The Kier molecular flexibility index (Phi) is 5.37. The fourth-order valence-electron chi connectivity index (χ4n) is 2.80. The lowest BCUT2D eigenvalue weighted by Gasteiger charge is -2.27. The third-order valence-electron chi connectivity index (χ3n) is 4.41. The van der Waals surface area contributed by atoms with Crippen LogP contribution in [0.2, 0.25) is 0 Å². The third-order valence-corrected chi connectivity index (χ3v) is 4.41. The zero-order chi connectivity index (χ0) is 15.4. The second-order valence-electron chi connectivity index (χ2n) is 5.81. The minimum atomic E-state index is -0.0541. The fraction of sp³-hybridized carbons (Fsp3) is 0.588. The van der Waals surface area contributed by atoms with Crippen LogP contribution in [0.15, 0.2) is 24.3 Å². The standard InChI is InChI=1S/C17H27N3O/c1-5-15-17(21)20(12-11-19(4)6-2)16(18-15)14-10-8-7-9-13(14)3/h7-10,15-16,18H,5-6,11-12H2,1-4H3. The fourth-order valence-corrected chi connectivity index (χ4v) is 2.80. The van der Waals surface area contributed by atoms with Gasteiger partial charge in [-0.1, -0.05) is 38.1 Å². The molecule has 0 aromatic heterocycles. The Labute approximate surface area is 128 Å². The number of carbonyl (C=O) groups is 1. The normalized spacial score (nSPS) is 22.3. The summed E-state index contributed by atoms with van der Waals surface area (Å²) in [4.78, 5) is 16.8. The number of nitrogens with one attached hydrogen (secondary N) is 1. The van der Waals surface area contributed by atoms with Crippen molar-refractivity contribution in [3.05, 3.63) is 35.4 Å². The number of likely N-dealkylation sites (N-methyl/N-ethyl adjacent to an activating group) is 1. The Morgan fingerprint density at radius 1 is 1.29 bits per heavy atom. The Balaban J connectivity index is 2.20. The van der Waals surface area contributed by atoms with E-state index in [0.717, 1.165) is 26.1 Å². The van der Waals surface area contributed by atoms with E-state index in [0.29, 0.717) is 0 Å². The second-order valence-corrected chi connectivity index (χ2v) is 5.81. The molecule has 1 amide bonds. The molecule has 21 heavy (non-hydrogen) atoms. The van der Waals surface area contributed by atoms with Gasteiger partial charge in [-0.05, 0) is 38.1 Å². The summed E-state index contributed by atoms with van der Waals surface area (Å²) in [6.07, 6.45) is 0.843. The maximum absolute atomic E-state index is 12.6. The highest BCUT2D eigenvalue weighted by atomic mass is 16.2. The molecule has 2 unspecified atom stereocenters. The molecule has 116 valence electrons. The second kappa shape index (κ2) is 7.05. The Bertz CT molecular complexity index is 489. The molecular formula is C17H27N3O. The number of amides is 1. The molecule has 1 aliphatic heterocycles. The molecule has 1 N–H and O–H groups in total. The summed E-state index contributed by atoms with van der Waals surface area (Å²) < 4.78 is 0. The molecule has 0 aliphatic carbocycles. The van der Waals surface area contributed by atoms with E-state index in [1.807, 2.05) is 17.0 Å². The number of rotatable bonds is 6. The zero-order valence-electron chi connectivity index (χ0n) is 13.6. The first-order valence-corrected chi connectivity index (χ1v) is 7.89. The van der Waals surface area contributed by atoms with Gasteiger partial charge >= 0.3 is 0 Å². The number of hydrogen-bond donors (Lipinski definition) is 1. The lowest BCUT2D eigenvalue weighted by molar-refractivity contribution is -0.130. The van der Waals surface area contributed by atoms with Crippen molar-refractivity contribution >= 4 is 5.91 Å². The van der Waals surface area contributed by atoms with Crippen LogP contribution in [-0.2, 0) is 4.79 Å². The average Bonchev–Trinajstić information content (AvgIpc) is 2.81. The van der Waals surface area contributed by atoms with Gasteiger partial charge in [0, 0.05) is 13.1 Å². The molecule has 0 spiro atoms. The van der Waals surface area contributed by atoms with Crippen LogP contribution in [0.3, 0.4) is 0 Å². The molecule has 0 radical (unpaired) electrons. The summed E-state index contributed by atoms with van der Waals surface area (Å²) in [6, 6.07) is 8.26. The monoisotopic (exact) mass is 289 g/mol. The minimum absolute atomic E-state index is 0.00825. The van der Waals surface area contributed by atoms with E-state index >= 15 is 0 Å².